The van der Waals surface area contributed by atoms with Gasteiger partial charge in [-0.1, -0.05) is 15.9 Å². The lowest BCUT2D eigenvalue weighted by Gasteiger charge is -2.09. The number of nitrogens with zero attached hydrogens (tertiary/aromatic N) is 1. The van der Waals surface area contributed by atoms with E-state index in [1.807, 2.05) is 6.07 Å². The van der Waals surface area contributed by atoms with Crippen LogP contribution in [0, 0.1) is 11.3 Å². The standard InChI is InChI=1S/C10H8BrNO2S/c1-14-10(13)9-7(4-11)6(5-12)2-3-8(9)15/h2-3,15H,4H2,1H3. The van der Waals surface area contributed by atoms with E-state index < -0.39 is 5.97 Å². The predicted octanol–water partition coefficient (Wildman–Crippen LogP) is 2.53. The molecule has 5 heteroatoms. The molecule has 0 unspecified atom stereocenters. The first-order valence-corrected chi connectivity index (χ1v) is 5.61. The number of thiol groups is 1. The Morgan fingerprint density at radius 1 is 1.67 bits per heavy atom. The molecule has 78 valence electrons. The molecule has 0 saturated carbocycles. The summed E-state index contributed by atoms with van der Waals surface area (Å²) in [5.74, 6) is -0.480. The van der Waals surface area contributed by atoms with Crippen molar-refractivity contribution < 1.29 is 9.53 Å². The Kier molecular flexibility index (Phi) is 4.18. The second-order valence-electron chi connectivity index (χ2n) is 2.72. The maximum Gasteiger partial charge on any atom is 0.339 e. The Bertz CT molecular complexity index is 440. The molecule has 0 spiro atoms. The Labute approximate surface area is 102 Å². The molecule has 1 rings (SSSR count). The number of hydrogen-bond donors (Lipinski definition) is 1. The highest BCUT2D eigenvalue weighted by molar-refractivity contribution is 9.08. The van der Waals surface area contributed by atoms with Crippen molar-refractivity contribution in [1.29, 1.82) is 5.26 Å². The van der Waals surface area contributed by atoms with E-state index >= 15 is 0 Å². The summed E-state index contributed by atoms with van der Waals surface area (Å²) in [6, 6.07) is 5.26. The fourth-order valence-corrected chi connectivity index (χ4v) is 2.09. The maximum atomic E-state index is 11.5. The van der Waals surface area contributed by atoms with Gasteiger partial charge in [-0.2, -0.15) is 5.26 Å². The molecule has 0 aliphatic rings. The van der Waals surface area contributed by atoms with Crippen molar-refractivity contribution in [2.75, 3.05) is 7.11 Å². The predicted molar refractivity (Wildman–Crippen MR) is 62.4 cm³/mol. The first-order valence-electron chi connectivity index (χ1n) is 4.05. The minimum Gasteiger partial charge on any atom is -0.465 e. The van der Waals surface area contributed by atoms with E-state index in [0.717, 1.165) is 0 Å². The average molecular weight is 286 g/mol. The first-order chi connectivity index (χ1) is 7.15. The molecule has 0 fully saturated rings. The van der Waals surface area contributed by atoms with Gasteiger partial charge in [-0.15, -0.1) is 12.6 Å². The molecule has 1 aromatic rings. The smallest absolute Gasteiger partial charge is 0.339 e. The first kappa shape index (κ1) is 12.1. The van der Waals surface area contributed by atoms with Crippen LogP contribution in [0.25, 0.3) is 0 Å². The van der Waals surface area contributed by atoms with Crippen LogP contribution in [0.15, 0.2) is 17.0 Å². The fraction of sp³-hybridized carbons (Fsp3) is 0.200. The van der Waals surface area contributed by atoms with Crippen molar-refractivity contribution in [3.63, 3.8) is 0 Å². The number of esters is 1. The van der Waals surface area contributed by atoms with Gasteiger partial charge in [0.2, 0.25) is 0 Å². The van der Waals surface area contributed by atoms with Crippen LogP contribution in [-0.2, 0) is 10.1 Å². The molecule has 1 aromatic carbocycles. The Balaban J connectivity index is 3.47. The minimum atomic E-state index is -0.480. The van der Waals surface area contributed by atoms with Gasteiger partial charge in [0, 0.05) is 10.2 Å². The van der Waals surface area contributed by atoms with Gasteiger partial charge in [0.25, 0.3) is 0 Å². The minimum absolute atomic E-state index is 0.344. The van der Waals surface area contributed by atoms with Gasteiger partial charge in [0.15, 0.2) is 0 Å². The van der Waals surface area contributed by atoms with Crippen molar-refractivity contribution >= 4 is 34.5 Å². The van der Waals surface area contributed by atoms with Gasteiger partial charge < -0.3 is 4.74 Å². The molecule has 0 amide bonds. The summed E-state index contributed by atoms with van der Waals surface area (Å²) < 4.78 is 4.64. The SMILES string of the molecule is COC(=O)c1c(S)ccc(C#N)c1CBr. The summed E-state index contributed by atoms with van der Waals surface area (Å²) in [6.07, 6.45) is 0. The second-order valence-corrected chi connectivity index (χ2v) is 3.77. The van der Waals surface area contributed by atoms with Gasteiger partial charge >= 0.3 is 5.97 Å². The number of nitriles is 1. The monoisotopic (exact) mass is 285 g/mol. The van der Waals surface area contributed by atoms with Crippen LogP contribution in [-0.4, -0.2) is 13.1 Å². The molecule has 0 aromatic heterocycles. The summed E-state index contributed by atoms with van der Waals surface area (Å²) in [6.45, 7) is 0. The van der Waals surface area contributed by atoms with Crippen LogP contribution >= 0.6 is 28.6 Å². The van der Waals surface area contributed by atoms with E-state index in [-0.39, 0.29) is 0 Å². The zero-order valence-electron chi connectivity index (χ0n) is 7.95. The third-order valence-electron chi connectivity index (χ3n) is 1.93. The summed E-state index contributed by atoms with van der Waals surface area (Å²) in [5, 5.41) is 9.28. The number of alkyl halides is 1. The number of hydrogen-bond acceptors (Lipinski definition) is 4. The summed E-state index contributed by atoms with van der Waals surface area (Å²) in [5.41, 5.74) is 1.40. The van der Waals surface area contributed by atoms with Crippen molar-refractivity contribution in [1.82, 2.24) is 0 Å². The molecular weight excluding hydrogens is 278 g/mol. The van der Waals surface area contributed by atoms with E-state index in [1.54, 1.807) is 12.1 Å². The van der Waals surface area contributed by atoms with Crippen LogP contribution in [0.1, 0.15) is 21.5 Å². The number of ether oxygens (including phenoxy) is 1. The molecule has 0 atom stereocenters. The summed E-state index contributed by atoms with van der Waals surface area (Å²) >= 11 is 7.41. The largest absolute Gasteiger partial charge is 0.465 e. The summed E-state index contributed by atoms with van der Waals surface area (Å²) in [7, 11) is 1.30. The number of halogens is 1. The molecule has 15 heavy (non-hydrogen) atoms. The molecule has 3 nitrogen and oxygen atoms in total. The molecule has 0 saturated heterocycles. The fourth-order valence-electron chi connectivity index (χ4n) is 1.21. The third-order valence-corrected chi connectivity index (χ3v) is 2.87. The Morgan fingerprint density at radius 2 is 2.33 bits per heavy atom. The molecular formula is C10H8BrNO2S. The molecule has 0 aliphatic heterocycles. The van der Waals surface area contributed by atoms with Crippen molar-refractivity contribution in [2.45, 2.75) is 10.2 Å². The number of rotatable bonds is 2. The van der Waals surface area contributed by atoms with Crippen LogP contribution in [0.4, 0.5) is 0 Å². The van der Waals surface area contributed by atoms with E-state index in [1.165, 1.54) is 7.11 Å². The zero-order valence-corrected chi connectivity index (χ0v) is 10.4. The molecule has 0 heterocycles. The van der Waals surface area contributed by atoms with Gasteiger partial charge in [0.1, 0.15) is 0 Å². The highest BCUT2D eigenvalue weighted by Crippen LogP contribution is 2.24. The molecule has 0 N–H and O–H groups in total. The van der Waals surface area contributed by atoms with E-state index in [4.69, 9.17) is 5.26 Å². The van der Waals surface area contributed by atoms with Crippen LogP contribution in [0.3, 0.4) is 0 Å². The number of carbonyl (C=O) groups excluding carboxylic acids is 1. The lowest BCUT2D eigenvalue weighted by atomic mass is 10.0. The lowest BCUT2D eigenvalue weighted by Crippen LogP contribution is -2.07. The number of methoxy groups -OCH3 is 1. The van der Waals surface area contributed by atoms with Gasteiger partial charge in [-0.05, 0) is 17.7 Å². The highest BCUT2D eigenvalue weighted by atomic mass is 79.9. The topological polar surface area (TPSA) is 50.1 Å². The third kappa shape index (κ3) is 2.33. The van der Waals surface area contributed by atoms with E-state index in [9.17, 15) is 4.79 Å². The summed E-state index contributed by atoms with van der Waals surface area (Å²) in [4.78, 5) is 12.0. The number of carbonyl (C=O) groups is 1. The van der Waals surface area contributed by atoms with E-state index in [0.29, 0.717) is 26.9 Å². The van der Waals surface area contributed by atoms with E-state index in [2.05, 4.69) is 33.3 Å². The van der Waals surface area contributed by atoms with Crippen LogP contribution in [0.5, 0.6) is 0 Å². The van der Waals surface area contributed by atoms with Crippen molar-refractivity contribution in [3.05, 3.63) is 28.8 Å². The number of benzene rings is 1. The zero-order chi connectivity index (χ0) is 11.4. The average Bonchev–Trinajstić information content (AvgIpc) is 2.27. The molecule has 0 bridgehead atoms. The maximum absolute atomic E-state index is 11.5. The normalized spacial score (nSPS) is 9.47. The highest BCUT2D eigenvalue weighted by Gasteiger charge is 2.17. The molecule has 0 radical (unpaired) electrons. The van der Waals surface area contributed by atoms with Gasteiger partial charge in [0.05, 0.1) is 24.3 Å². The van der Waals surface area contributed by atoms with Gasteiger partial charge in [-0.25, -0.2) is 4.79 Å². The van der Waals surface area contributed by atoms with Crippen LogP contribution < -0.4 is 0 Å². The van der Waals surface area contributed by atoms with Crippen molar-refractivity contribution in [2.24, 2.45) is 0 Å². The van der Waals surface area contributed by atoms with Gasteiger partial charge in [-0.3, -0.25) is 0 Å². The van der Waals surface area contributed by atoms with Crippen LogP contribution in [0.2, 0.25) is 0 Å². The Hall–Kier alpha value is -0.990. The molecule has 0 aliphatic carbocycles. The lowest BCUT2D eigenvalue weighted by molar-refractivity contribution is 0.0596. The second kappa shape index (κ2) is 5.19. The quantitative estimate of drug-likeness (QED) is 0.516. The Morgan fingerprint density at radius 3 is 2.80 bits per heavy atom. The van der Waals surface area contributed by atoms with Crippen molar-refractivity contribution in [3.8, 4) is 6.07 Å².